The lowest BCUT2D eigenvalue weighted by Crippen LogP contribution is -2.27. The molecule has 0 aliphatic heterocycles. The van der Waals surface area contributed by atoms with E-state index in [1.54, 1.807) is 19.2 Å². The van der Waals surface area contributed by atoms with Gasteiger partial charge in [-0.15, -0.1) is 0 Å². The van der Waals surface area contributed by atoms with Gasteiger partial charge in [-0.25, -0.2) is 4.39 Å². The first-order chi connectivity index (χ1) is 10.1. The van der Waals surface area contributed by atoms with Gasteiger partial charge in [0, 0.05) is 6.92 Å². The summed E-state index contributed by atoms with van der Waals surface area (Å²) < 4.78 is 18.1. The fraction of sp³-hybridized carbons (Fsp3) is 0.235. The minimum atomic E-state index is -0.265. The fourth-order valence-corrected chi connectivity index (χ4v) is 2.19. The Bertz CT molecular complexity index is 593. The standard InChI is InChI=1S/C17H18FNO2/c1-12(20)19-17(11-13-3-7-15(18)8-4-13)14-5-9-16(21-2)10-6-14/h3-10,17H,11H2,1-2H3,(H,19,20)/t17-/m1/s1. The molecule has 1 N–H and O–H groups in total. The molecule has 0 fully saturated rings. The van der Waals surface area contributed by atoms with Gasteiger partial charge in [0.05, 0.1) is 13.2 Å². The second-order valence-electron chi connectivity index (χ2n) is 4.86. The van der Waals surface area contributed by atoms with Gasteiger partial charge in [-0.3, -0.25) is 4.79 Å². The van der Waals surface area contributed by atoms with Crippen molar-refractivity contribution in [2.24, 2.45) is 0 Å². The molecule has 0 radical (unpaired) electrons. The van der Waals surface area contributed by atoms with Crippen molar-refractivity contribution in [3.8, 4) is 5.75 Å². The van der Waals surface area contributed by atoms with Crippen LogP contribution in [0.4, 0.5) is 4.39 Å². The number of hydrogen-bond donors (Lipinski definition) is 1. The van der Waals surface area contributed by atoms with Gasteiger partial charge in [-0.05, 0) is 41.8 Å². The molecule has 0 bridgehead atoms. The van der Waals surface area contributed by atoms with Crippen LogP contribution in [-0.2, 0) is 11.2 Å². The minimum Gasteiger partial charge on any atom is -0.497 e. The van der Waals surface area contributed by atoms with E-state index in [-0.39, 0.29) is 17.8 Å². The van der Waals surface area contributed by atoms with E-state index in [2.05, 4.69) is 5.32 Å². The zero-order valence-electron chi connectivity index (χ0n) is 12.1. The second-order valence-corrected chi connectivity index (χ2v) is 4.86. The average molecular weight is 287 g/mol. The van der Waals surface area contributed by atoms with Crippen LogP contribution in [0.1, 0.15) is 24.1 Å². The number of nitrogens with one attached hydrogen (secondary N) is 1. The van der Waals surface area contributed by atoms with Crippen LogP contribution in [0.2, 0.25) is 0 Å². The number of rotatable bonds is 5. The number of hydrogen-bond acceptors (Lipinski definition) is 2. The molecule has 0 saturated heterocycles. The Morgan fingerprint density at radius 1 is 1.14 bits per heavy atom. The maximum atomic E-state index is 13.0. The van der Waals surface area contributed by atoms with Crippen molar-refractivity contribution in [2.75, 3.05) is 7.11 Å². The first kappa shape index (κ1) is 15.0. The predicted molar refractivity (Wildman–Crippen MR) is 79.7 cm³/mol. The molecule has 0 aromatic heterocycles. The highest BCUT2D eigenvalue weighted by molar-refractivity contribution is 5.73. The normalized spacial score (nSPS) is 11.8. The minimum absolute atomic E-state index is 0.0991. The largest absolute Gasteiger partial charge is 0.497 e. The number of methoxy groups -OCH3 is 1. The van der Waals surface area contributed by atoms with Crippen LogP contribution < -0.4 is 10.1 Å². The van der Waals surface area contributed by atoms with Crippen molar-refractivity contribution < 1.29 is 13.9 Å². The highest BCUT2D eigenvalue weighted by atomic mass is 19.1. The van der Waals surface area contributed by atoms with Gasteiger partial charge in [0.2, 0.25) is 5.91 Å². The van der Waals surface area contributed by atoms with Gasteiger partial charge in [0.15, 0.2) is 0 Å². The molecule has 2 aromatic carbocycles. The molecule has 0 heterocycles. The van der Waals surface area contributed by atoms with Crippen LogP contribution in [0.5, 0.6) is 5.75 Å². The van der Waals surface area contributed by atoms with Crippen molar-refractivity contribution in [1.82, 2.24) is 5.32 Å². The van der Waals surface area contributed by atoms with Gasteiger partial charge in [0.25, 0.3) is 0 Å². The molecular formula is C17H18FNO2. The number of benzene rings is 2. The zero-order valence-corrected chi connectivity index (χ0v) is 12.1. The van der Waals surface area contributed by atoms with Crippen molar-refractivity contribution in [3.05, 3.63) is 65.5 Å². The fourth-order valence-electron chi connectivity index (χ4n) is 2.19. The summed E-state index contributed by atoms with van der Waals surface area (Å²) >= 11 is 0. The summed E-state index contributed by atoms with van der Waals surface area (Å²) in [7, 11) is 1.61. The monoisotopic (exact) mass is 287 g/mol. The van der Waals surface area contributed by atoms with Gasteiger partial charge in [-0.1, -0.05) is 24.3 Å². The highest BCUT2D eigenvalue weighted by Crippen LogP contribution is 2.21. The molecule has 0 saturated carbocycles. The van der Waals surface area contributed by atoms with E-state index in [1.807, 2.05) is 24.3 Å². The molecule has 0 aliphatic rings. The van der Waals surface area contributed by atoms with E-state index >= 15 is 0 Å². The summed E-state index contributed by atoms with van der Waals surface area (Å²) in [5.74, 6) is 0.402. The third-order valence-corrected chi connectivity index (χ3v) is 3.25. The van der Waals surface area contributed by atoms with Crippen LogP contribution in [-0.4, -0.2) is 13.0 Å². The summed E-state index contributed by atoms with van der Waals surface area (Å²) in [6.45, 7) is 1.49. The number of amides is 1. The topological polar surface area (TPSA) is 38.3 Å². The summed E-state index contributed by atoms with van der Waals surface area (Å²) in [6, 6.07) is 13.7. The Labute approximate surface area is 123 Å². The Morgan fingerprint density at radius 2 is 1.76 bits per heavy atom. The van der Waals surface area contributed by atoms with Crippen LogP contribution in [0, 0.1) is 5.82 Å². The van der Waals surface area contributed by atoms with Crippen LogP contribution in [0.25, 0.3) is 0 Å². The molecule has 0 aliphatic carbocycles. The third kappa shape index (κ3) is 4.31. The van der Waals surface area contributed by atoms with Crippen molar-refractivity contribution >= 4 is 5.91 Å². The second kappa shape index (κ2) is 6.88. The van der Waals surface area contributed by atoms with Gasteiger partial charge in [-0.2, -0.15) is 0 Å². The molecule has 1 amide bonds. The number of halogens is 1. The molecule has 0 unspecified atom stereocenters. The summed E-state index contributed by atoms with van der Waals surface area (Å²) in [5.41, 5.74) is 1.95. The lowest BCUT2D eigenvalue weighted by Gasteiger charge is -2.19. The molecule has 2 rings (SSSR count). The third-order valence-electron chi connectivity index (χ3n) is 3.25. The maximum Gasteiger partial charge on any atom is 0.217 e. The lowest BCUT2D eigenvalue weighted by atomic mass is 9.98. The molecule has 3 nitrogen and oxygen atoms in total. The molecule has 21 heavy (non-hydrogen) atoms. The smallest absolute Gasteiger partial charge is 0.217 e. The first-order valence-corrected chi connectivity index (χ1v) is 6.74. The van der Waals surface area contributed by atoms with Gasteiger partial charge in [0.1, 0.15) is 11.6 Å². The van der Waals surface area contributed by atoms with E-state index < -0.39 is 0 Å². The maximum absolute atomic E-state index is 13.0. The summed E-state index contributed by atoms with van der Waals surface area (Å²) in [6.07, 6.45) is 0.603. The van der Waals surface area contributed by atoms with Gasteiger partial charge >= 0.3 is 0 Å². The molecule has 2 aromatic rings. The molecule has 1 atom stereocenters. The molecule has 0 spiro atoms. The van der Waals surface area contributed by atoms with Crippen molar-refractivity contribution in [2.45, 2.75) is 19.4 Å². The summed E-state index contributed by atoms with van der Waals surface area (Å²) in [4.78, 5) is 11.4. The van der Waals surface area contributed by atoms with E-state index in [0.29, 0.717) is 6.42 Å². The first-order valence-electron chi connectivity index (χ1n) is 6.74. The van der Waals surface area contributed by atoms with Crippen LogP contribution >= 0.6 is 0 Å². The number of carbonyl (C=O) groups excluding carboxylic acids is 1. The van der Waals surface area contributed by atoms with E-state index in [0.717, 1.165) is 16.9 Å². The van der Waals surface area contributed by atoms with Gasteiger partial charge < -0.3 is 10.1 Å². The Morgan fingerprint density at radius 3 is 2.29 bits per heavy atom. The molecule has 4 heteroatoms. The Hall–Kier alpha value is -2.36. The molecular weight excluding hydrogens is 269 g/mol. The zero-order chi connectivity index (χ0) is 15.2. The van der Waals surface area contributed by atoms with Crippen molar-refractivity contribution in [3.63, 3.8) is 0 Å². The predicted octanol–water partition coefficient (Wildman–Crippen LogP) is 3.25. The van der Waals surface area contributed by atoms with E-state index in [9.17, 15) is 9.18 Å². The lowest BCUT2D eigenvalue weighted by molar-refractivity contribution is -0.119. The Balaban J connectivity index is 2.20. The van der Waals surface area contributed by atoms with Crippen LogP contribution in [0.15, 0.2) is 48.5 Å². The Kier molecular flexibility index (Phi) is 4.93. The average Bonchev–Trinajstić information content (AvgIpc) is 2.48. The summed E-state index contributed by atoms with van der Waals surface area (Å²) in [5, 5.41) is 2.92. The van der Waals surface area contributed by atoms with E-state index in [1.165, 1.54) is 19.1 Å². The van der Waals surface area contributed by atoms with E-state index in [4.69, 9.17) is 4.74 Å². The van der Waals surface area contributed by atoms with Crippen molar-refractivity contribution in [1.29, 1.82) is 0 Å². The highest BCUT2D eigenvalue weighted by Gasteiger charge is 2.13. The number of ether oxygens (including phenoxy) is 1. The quantitative estimate of drug-likeness (QED) is 0.916. The number of carbonyl (C=O) groups is 1. The van der Waals surface area contributed by atoms with Crippen LogP contribution in [0.3, 0.4) is 0 Å². The molecule has 110 valence electrons. The SMILES string of the molecule is COc1ccc([C@@H](Cc2ccc(F)cc2)NC(C)=O)cc1.